The van der Waals surface area contributed by atoms with Gasteiger partial charge in [0.25, 0.3) is 10.0 Å². The van der Waals surface area contributed by atoms with E-state index in [1.165, 1.54) is 12.1 Å². The summed E-state index contributed by atoms with van der Waals surface area (Å²) in [7, 11) is -3.85. The fourth-order valence-corrected chi connectivity index (χ4v) is 6.83. The third kappa shape index (κ3) is 5.12. The molecule has 5 rings (SSSR count). The Hall–Kier alpha value is -2.92. The summed E-state index contributed by atoms with van der Waals surface area (Å²) in [6.07, 6.45) is 7.36. The van der Waals surface area contributed by atoms with Crippen molar-refractivity contribution in [3.8, 4) is 11.1 Å². The van der Waals surface area contributed by atoms with Crippen LogP contribution < -0.4 is 9.62 Å². The minimum Gasteiger partial charge on any atom is -0.374 e. The van der Waals surface area contributed by atoms with Crippen molar-refractivity contribution in [2.75, 3.05) is 35.8 Å². The Balaban J connectivity index is 1.47. The lowest BCUT2D eigenvalue weighted by Gasteiger charge is -2.35. The molecule has 0 radical (unpaired) electrons. The van der Waals surface area contributed by atoms with Gasteiger partial charge in [-0.05, 0) is 49.0 Å². The molecule has 0 saturated carbocycles. The molecule has 8 nitrogen and oxygen atoms in total. The van der Waals surface area contributed by atoms with E-state index in [2.05, 4.69) is 35.7 Å². The highest BCUT2D eigenvalue weighted by Gasteiger charge is 2.21. The normalized spacial score (nSPS) is 14.6. The number of pyridine rings is 1. The Morgan fingerprint density at radius 2 is 1.81 bits per heavy atom. The molecule has 12 heteroatoms. The predicted octanol–water partition coefficient (Wildman–Crippen LogP) is 5.52. The van der Waals surface area contributed by atoms with Crippen molar-refractivity contribution in [1.82, 2.24) is 19.9 Å². The van der Waals surface area contributed by atoms with Crippen LogP contribution in [0.1, 0.15) is 6.92 Å². The number of hydrogen-bond acceptors (Lipinski definition) is 8. The molecule has 1 aromatic carbocycles. The first-order valence-corrected chi connectivity index (χ1v) is 14.2. The molecule has 186 valence electrons. The average Bonchev–Trinajstić information content (AvgIpc) is 3.33. The van der Waals surface area contributed by atoms with Crippen molar-refractivity contribution < 1.29 is 8.42 Å². The number of nitrogens with zero attached hydrogens (tertiary/aromatic N) is 5. The second kappa shape index (κ2) is 10.2. The summed E-state index contributed by atoms with van der Waals surface area (Å²) < 4.78 is 28.6. The molecule has 1 aliphatic heterocycles. The number of hydrogen-bond donors (Lipinski definition) is 1. The first-order valence-electron chi connectivity index (χ1n) is 11.1. The van der Waals surface area contributed by atoms with Crippen LogP contribution >= 0.6 is 34.5 Å². The van der Waals surface area contributed by atoms with Crippen LogP contribution in [0.2, 0.25) is 9.49 Å². The van der Waals surface area contributed by atoms with Gasteiger partial charge in [0.2, 0.25) is 0 Å². The molecule has 1 N–H and O–H groups in total. The number of aromatic nitrogens is 3. The Labute approximate surface area is 223 Å². The third-order valence-electron chi connectivity index (χ3n) is 5.82. The van der Waals surface area contributed by atoms with Crippen LogP contribution in [0.15, 0.2) is 65.4 Å². The maximum absolute atomic E-state index is 12.8. The zero-order valence-corrected chi connectivity index (χ0v) is 22.4. The molecular weight excluding hydrogens is 539 g/mol. The third-order valence-corrected chi connectivity index (χ3v) is 9.21. The molecule has 1 saturated heterocycles. The number of piperazine rings is 1. The molecule has 4 aromatic rings. The predicted molar refractivity (Wildman–Crippen MR) is 147 cm³/mol. The van der Waals surface area contributed by atoms with Gasteiger partial charge >= 0.3 is 0 Å². The van der Waals surface area contributed by atoms with E-state index < -0.39 is 10.0 Å². The largest absolute Gasteiger partial charge is 0.374 e. The van der Waals surface area contributed by atoms with E-state index in [0.717, 1.165) is 59.8 Å². The number of benzene rings is 1. The maximum atomic E-state index is 12.8. The Morgan fingerprint density at radius 3 is 2.53 bits per heavy atom. The van der Waals surface area contributed by atoms with Crippen LogP contribution in [0.25, 0.3) is 22.0 Å². The molecule has 0 unspecified atom stereocenters. The van der Waals surface area contributed by atoms with E-state index in [9.17, 15) is 8.42 Å². The summed E-state index contributed by atoms with van der Waals surface area (Å²) >= 11 is 13.1. The van der Waals surface area contributed by atoms with Crippen LogP contribution in [0.3, 0.4) is 0 Å². The Bertz CT molecular complexity index is 1550. The van der Waals surface area contributed by atoms with Crippen LogP contribution in [0, 0.1) is 0 Å². The van der Waals surface area contributed by atoms with Gasteiger partial charge in [0, 0.05) is 43.3 Å². The number of thiophene rings is 1. The SMILES string of the molecule is CC=CN1CCN(c2ncnc3ccc(-c4cnc(Cl)c(NS(=O)(=O)c5ccc(Cl)s5)c4)cc23)CC1. The second-order valence-electron chi connectivity index (χ2n) is 8.16. The van der Waals surface area contributed by atoms with Gasteiger partial charge in [0.15, 0.2) is 5.15 Å². The molecule has 1 aliphatic rings. The van der Waals surface area contributed by atoms with E-state index in [0.29, 0.717) is 9.90 Å². The summed E-state index contributed by atoms with van der Waals surface area (Å²) in [5.41, 5.74) is 2.56. The van der Waals surface area contributed by atoms with Gasteiger partial charge < -0.3 is 9.80 Å². The van der Waals surface area contributed by atoms with E-state index in [-0.39, 0.29) is 15.0 Å². The summed E-state index contributed by atoms with van der Waals surface area (Å²) in [5.74, 6) is 0.874. The first kappa shape index (κ1) is 24.8. The summed E-state index contributed by atoms with van der Waals surface area (Å²) in [4.78, 5) is 17.8. The maximum Gasteiger partial charge on any atom is 0.271 e. The number of rotatable bonds is 6. The Morgan fingerprint density at radius 1 is 1.00 bits per heavy atom. The van der Waals surface area contributed by atoms with Gasteiger partial charge in [-0.15, -0.1) is 11.3 Å². The highest BCUT2D eigenvalue weighted by atomic mass is 35.5. The lowest BCUT2D eigenvalue weighted by molar-refractivity contribution is 0.348. The number of allylic oxidation sites excluding steroid dienone is 1. The molecule has 36 heavy (non-hydrogen) atoms. The molecule has 0 aliphatic carbocycles. The van der Waals surface area contributed by atoms with Crippen LogP contribution in [0.5, 0.6) is 0 Å². The molecule has 3 aromatic heterocycles. The number of sulfonamides is 1. The zero-order valence-electron chi connectivity index (χ0n) is 19.2. The summed E-state index contributed by atoms with van der Waals surface area (Å²) in [5, 5.41) is 0.966. The number of fused-ring (bicyclic) bond motifs is 1. The molecule has 1 fully saturated rings. The minimum absolute atomic E-state index is 0.0498. The molecule has 0 bridgehead atoms. The number of anilines is 2. The van der Waals surface area contributed by atoms with E-state index in [1.54, 1.807) is 18.6 Å². The molecule has 0 amide bonds. The lowest BCUT2D eigenvalue weighted by atomic mass is 10.0. The van der Waals surface area contributed by atoms with Gasteiger partial charge in [0.1, 0.15) is 16.4 Å². The van der Waals surface area contributed by atoms with Crippen molar-refractivity contribution in [2.45, 2.75) is 11.1 Å². The van der Waals surface area contributed by atoms with Gasteiger partial charge in [-0.25, -0.2) is 23.4 Å². The number of nitrogens with one attached hydrogen (secondary N) is 1. The monoisotopic (exact) mass is 560 g/mol. The first-order chi connectivity index (χ1) is 17.3. The molecule has 0 atom stereocenters. The van der Waals surface area contributed by atoms with Gasteiger partial charge in [-0.3, -0.25) is 4.72 Å². The van der Waals surface area contributed by atoms with Crippen molar-refractivity contribution in [3.63, 3.8) is 0 Å². The van der Waals surface area contributed by atoms with Gasteiger partial charge in [-0.1, -0.05) is 35.3 Å². The van der Waals surface area contributed by atoms with E-state index in [1.807, 2.05) is 31.2 Å². The van der Waals surface area contributed by atoms with Crippen molar-refractivity contribution in [2.24, 2.45) is 0 Å². The van der Waals surface area contributed by atoms with Gasteiger partial charge in [0.05, 0.1) is 15.5 Å². The quantitative estimate of drug-likeness (QED) is 0.310. The average molecular weight is 562 g/mol. The van der Waals surface area contributed by atoms with Crippen LogP contribution in [-0.2, 0) is 10.0 Å². The zero-order chi connectivity index (χ0) is 25.3. The topological polar surface area (TPSA) is 91.3 Å². The standard InChI is InChI=1S/C24H22Cl2N6O2S2/c1-2-7-31-8-10-32(11-9-31)24-18-12-16(3-4-19(18)28-15-29-24)17-13-20(23(26)27-14-17)30-36(33,34)22-6-5-21(25)35-22/h2-7,12-15,30H,8-11H2,1H3. The summed E-state index contributed by atoms with van der Waals surface area (Å²) in [6.45, 7) is 5.54. The van der Waals surface area contributed by atoms with Crippen LogP contribution in [-0.4, -0.2) is 54.4 Å². The van der Waals surface area contributed by atoms with Crippen LogP contribution in [0.4, 0.5) is 11.5 Å². The Kier molecular flexibility index (Phi) is 7.03. The highest BCUT2D eigenvalue weighted by molar-refractivity contribution is 7.94. The molecule has 0 spiro atoms. The van der Waals surface area contributed by atoms with E-state index >= 15 is 0 Å². The molecule has 4 heterocycles. The van der Waals surface area contributed by atoms with Crippen molar-refractivity contribution in [3.05, 3.63) is 70.7 Å². The summed E-state index contributed by atoms with van der Waals surface area (Å²) in [6, 6.07) is 10.5. The lowest BCUT2D eigenvalue weighted by Crippen LogP contribution is -2.44. The fourth-order valence-electron chi connectivity index (χ4n) is 4.08. The van der Waals surface area contributed by atoms with Crippen molar-refractivity contribution >= 4 is 67.0 Å². The minimum atomic E-state index is -3.85. The second-order valence-corrected chi connectivity index (χ2v) is 12.1. The smallest absolute Gasteiger partial charge is 0.271 e. The fraction of sp³-hybridized carbons (Fsp3) is 0.208. The van der Waals surface area contributed by atoms with Crippen molar-refractivity contribution in [1.29, 1.82) is 0 Å². The number of halogens is 2. The highest BCUT2D eigenvalue weighted by Crippen LogP contribution is 2.33. The van der Waals surface area contributed by atoms with Gasteiger partial charge in [-0.2, -0.15) is 0 Å². The molecular formula is C24H22Cl2N6O2S2. The van der Waals surface area contributed by atoms with E-state index in [4.69, 9.17) is 23.2 Å².